The second-order valence-electron chi connectivity index (χ2n) is 6.75. The number of carbonyl (C=O) groups excluding carboxylic acids is 1. The number of carbonyl (C=O) groups is 1. The first-order chi connectivity index (χ1) is 12.4. The summed E-state index contributed by atoms with van der Waals surface area (Å²) in [6.07, 6.45) is 0. The second kappa shape index (κ2) is 7.19. The fraction of sp³-hybridized carbons (Fsp3) is 0.368. The molecule has 7 heteroatoms. The molecular weight excluding hydrogens is 339 g/mol. The quantitative estimate of drug-likeness (QED) is 0.889. The van der Waals surface area contributed by atoms with Crippen molar-refractivity contribution in [3.63, 3.8) is 0 Å². The number of halogens is 1. The molecule has 0 fully saturated rings. The van der Waals surface area contributed by atoms with Gasteiger partial charge in [0.05, 0.1) is 6.61 Å². The number of aromatic nitrogens is 1. The Morgan fingerprint density at radius 3 is 2.54 bits per heavy atom. The summed E-state index contributed by atoms with van der Waals surface area (Å²) in [6.45, 7) is 5.41. The Balaban J connectivity index is 1.91. The summed E-state index contributed by atoms with van der Waals surface area (Å²) in [5, 5.41) is 10.1. The molecule has 6 nitrogen and oxygen atoms in total. The van der Waals surface area contributed by atoms with Crippen molar-refractivity contribution in [3.05, 3.63) is 57.6 Å². The van der Waals surface area contributed by atoms with Crippen LogP contribution in [0.1, 0.15) is 29.9 Å². The molecule has 26 heavy (non-hydrogen) atoms. The van der Waals surface area contributed by atoms with Crippen LogP contribution in [0.25, 0.3) is 0 Å². The topological polar surface area (TPSA) is 71.8 Å². The van der Waals surface area contributed by atoms with E-state index in [1.807, 2.05) is 13.8 Å². The summed E-state index contributed by atoms with van der Waals surface area (Å²) in [4.78, 5) is 26.4. The fourth-order valence-electron chi connectivity index (χ4n) is 2.86. The summed E-state index contributed by atoms with van der Waals surface area (Å²) < 4.78 is 20.2. The maximum Gasteiger partial charge on any atom is 0.274 e. The Morgan fingerprint density at radius 1 is 1.19 bits per heavy atom. The van der Waals surface area contributed by atoms with Crippen molar-refractivity contribution in [2.75, 3.05) is 13.2 Å². The molecule has 0 atom stereocenters. The van der Waals surface area contributed by atoms with Crippen LogP contribution in [0.15, 0.2) is 35.1 Å². The Hall–Kier alpha value is -2.83. The molecule has 0 spiro atoms. The molecule has 1 aliphatic heterocycles. The average Bonchev–Trinajstić information content (AvgIpc) is 2.60. The third-order valence-electron chi connectivity index (χ3n) is 4.18. The molecular formula is C19H21FN2O4. The molecule has 1 aliphatic rings. The molecule has 138 valence electrons. The van der Waals surface area contributed by atoms with Crippen molar-refractivity contribution in [1.82, 2.24) is 9.47 Å². The number of nitrogens with zero attached hydrogens (tertiary/aromatic N) is 2. The number of fused-ring (bicyclic) bond motifs is 1. The van der Waals surface area contributed by atoms with Gasteiger partial charge in [-0.2, -0.15) is 0 Å². The monoisotopic (exact) mass is 360 g/mol. The minimum absolute atomic E-state index is 0.0652. The van der Waals surface area contributed by atoms with E-state index in [2.05, 4.69) is 0 Å². The number of rotatable bonds is 5. The van der Waals surface area contributed by atoms with Crippen LogP contribution in [0.5, 0.6) is 11.6 Å². The molecule has 2 aromatic rings. The lowest BCUT2D eigenvalue weighted by Gasteiger charge is -2.31. The number of amides is 1. The third kappa shape index (κ3) is 3.56. The molecule has 1 aromatic heterocycles. The normalized spacial score (nSPS) is 13.8. The van der Waals surface area contributed by atoms with Gasteiger partial charge in [-0.15, -0.1) is 0 Å². The smallest absolute Gasteiger partial charge is 0.274 e. The van der Waals surface area contributed by atoms with E-state index in [-0.39, 0.29) is 29.9 Å². The van der Waals surface area contributed by atoms with Gasteiger partial charge in [-0.05, 0) is 23.6 Å². The van der Waals surface area contributed by atoms with Gasteiger partial charge >= 0.3 is 0 Å². The van der Waals surface area contributed by atoms with Gasteiger partial charge in [0.2, 0.25) is 5.43 Å². The van der Waals surface area contributed by atoms with Gasteiger partial charge in [0.15, 0.2) is 17.3 Å². The van der Waals surface area contributed by atoms with Crippen molar-refractivity contribution < 1.29 is 19.0 Å². The lowest BCUT2D eigenvalue weighted by molar-refractivity contribution is 0.0673. The Bertz CT molecular complexity index is 874. The van der Waals surface area contributed by atoms with E-state index < -0.39 is 17.1 Å². The molecule has 2 heterocycles. The molecule has 0 saturated heterocycles. The summed E-state index contributed by atoms with van der Waals surface area (Å²) in [7, 11) is 0. The summed E-state index contributed by atoms with van der Waals surface area (Å²) >= 11 is 0. The van der Waals surface area contributed by atoms with Gasteiger partial charge in [-0.25, -0.2) is 4.39 Å². The van der Waals surface area contributed by atoms with E-state index in [1.54, 1.807) is 16.7 Å². The van der Waals surface area contributed by atoms with Crippen molar-refractivity contribution in [2.45, 2.75) is 26.9 Å². The van der Waals surface area contributed by atoms with E-state index in [1.165, 1.54) is 23.1 Å². The van der Waals surface area contributed by atoms with E-state index >= 15 is 0 Å². The van der Waals surface area contributed by atoms with Gasteiger partial charge < -0.3 is 19.3 Å². The predicted octanol–water partition coefficient (Wildman–Crippen LogP) is 2.38. The van der Waals surface area contributed by atoms with Crippen molar-refractivity contribution in [1.29, 1.82) is 0 Å². The lowest BCUT2D eigenvalue weighted by atomic mass is 10.1. The first-order valence-electron chi connectivity index (χ1n) is 8.50. The molecule has 0 saturated carbocycles. The fourth-order valence-corrected chi connectivity index (χ4v) is 2.86. The molecule has 1 amide bonds. The molecule has 0 aliphatic carbocycles. The SMILES string of the molecule is CC(C)COc1cc(=O)c(O)c2n1CCN(Cc1ccc(F)cc1)C2=O. The van der Waals surface area contributed by atoms with E-state index in [0.29, 0.717) is 19.7 Å². The highest BCUT2D eigenvalue weighted by atomic mass is 19.1. The number of ether oxygens (including phenoxy) is 1. The van der Waals surface area contributed by atoms with Crippen LogP contribution in [-0.2, 0) is 13.1 Å². The van der Waals surface area contributed by atoms with Crippen molar-refractivity contribution >= 4 is 5.91 Å². The maximum absolute atomic E-state index is 13.0. The van der Waals surface area contributed by atoms with Gasteiger partial charge in [-0.1, -0.05) is 26.0 Å². The Morgan fingerprint density at radius 2 is 1.88 bits per heavy atom. The summed E-state index contributed by atoms with van der Waals surface area (Å²) in [5.41, 5.74) is 0.0545. The molecule has 0 radical (unpaired) electrons. The van der Waals surface area contributed by atoms with Gasteiger partial charge in [-0.3, -0.25) is 9.59 Å². The van der Waals surface area contributed by atoms with Crippen LogP contribution in [0, 0.1) is 11.7 Å². The number of hydrogen-bond donors (Lipinski definition) is 1. The minimum atomic E-state index is -0.646. The van der Waals surface area contributed by atoms with Gasteiger partial charge in [0, 0.05) is 25.7 Å². The highest BCUT2D eigenvalue weighted by Gasteiger charge is 2.30. The third-order valence-corrected chi connectivity index (χ3v) is 4.18. The van der Waals surface area contributed by atoms with Crippen LogP contribution in [0.2, 0.25) is 0 Å². The van der Waals surface area contributed by atoms with Crippen molar-refractivity contribution in [3.8, 4) is 11.6 Å². The van der Waals surface area contributed by atoms with Gasteiger partial charge in [0.1, 0.15) is 5.82 Å². The zero-order chi connectivity index (χ0) is 18.8. The zero-order valence-electron chi connectivity index (χ0n) is 14.7. The standard InChI is InChI=1S/C19H21FN2O4/c1-12(2)11-26-16-9-15(23)18(24)17-19(25)21(7-8-22(16)17)10-13-3-5-14(20)6-4-13/h3-6,9,12,24H,7-8,10-11H2,1-2H3. The first kappa shape index (κ1) is 18.0. The van der Waals surface area contributed by atoms with Crippen LogP contribution >= 0.6 is 0 Å². The number of hydrogen-bond acceptors (Lipinski definition) is 4. The predicted molar refractivity (Wildman–Crippen MR) is 93.8 cm³/mol. The van der Waals surface area contributed by atoms with E-state index in [4.69, 9.17) is 4.74 Å². The molecule has 3 rings (SSSR count). The van der Waals surface area contributed by atoms with Crippen molar-refractivity contribution in [2.24, 2.45) is 5.92 Å². The maximum atomic E-state index is 13.0. The minimum Gasteiger partial charge on any atom is -0.503 e. The zero-order valence-corrected chi connectivity index (χ0v) is 14.7. The summed E-state index contributed by atoms with van der Waals surface area (Å²) in [6, 6.07) is 7.08. The Kier molecular flexibility index (Phi) is 4.97. The highest BCUT2D eigenvalue weighted by molar-refractivity contribution is 5.96. The molecule has 0 unspecified atom stereocenters. The number of pyridine rings is 1. The Labute approximate surface area is 150 Å². The average molecular weight is 360 g/mol. The van der Waals surface area contributed by atoms with Crippen LogP contribution < -0.4 is 10.2 Å². The van der Waals surface area contributed by atoms with E-state index in [0.717, 1.165) is 5.56 Å². The highest BCUT2D eigenvalue weighted by Crippen LogP contribution is 2.26. The van der Waals surface area contributed by atoms with Crippen LogP contribution in [0.4, 0.5) is 4.39 Å². The van der Waals surface area contributed by atoms with Crippen LogP contribution in [-0.4, -0.2) is 33.6 Å². The molecule has 0 bridgehead atoms. The summed E-state index contributed by atoms with van der Waals surface area (Å²) in [5.74, 6) is -0.836. The largest absolute Gasteiger partial charge is 0.503 e. The first-order valence-corrected chi connectivity index (χ1v) is 8.50. The van der Waals surface area contributed by atoms with E-state index in [9.17, 15) is 19.1 Å². The lowest BCUT2D eigenvalue weighted by Crippen LogP contribution is -2.41. The molecule has 1 aromatic carbocycles. The molecule has 1 N–H and O–H groups in total. The van der Waals surface area contributed by atoms with Crippen LogP contribution in [0.3, 0.4) is 0 Å². The number of aromatic hydroxyl groups is 1. The second-order valence-corrected chi connectivity index (χ2v) is 6.75. The van der Waals surface area contributed by atoms with Gasteiger partial charge in [0.25, 0.3) is 5.91 Å². The number of benzene rings is 1.